The molecule has 112 valence electrons. The monoisotopic (exact) mass is 311 g/mol. The molecule has 1 N–H and O–H groups in total. The van der Waals surface area contributed by atoms with Crippen LogP contribution in [0.3, 0.4) is 0 Å². The molecule has 0 atom stereocenters. The molecule has 4 nitrogen and oxygen atoms in total. The van der Waals surface area contributed by atoms with Crippen molar-refractivity contribution >= 4 is 28.3 Å². The lowest BCUT2D eigenvalue weighted by molar-refractivity contribution is -0.120. The van der Waals surface area contributed by atoms with Gasteiger partial charge in [-0.1, -0.05) is 18.2 Å². The van der Waals surface area contributed by atoms with E-state index >= 15 is 0 Å². The van der Waals surface area contributed by atoms with Gasteiger partial charge in [-0.05, 0) is 36.4 Å². The second kappa shape index (κ2) is 5.57. The number of hydrogen-bond acceptors (Lipinski definition) is 3. The van der Waals surface area contributed by atoms with Gasteiger partial charge in [0.25, 0.3) is 0 Å². The smallest absolute Gasteiger partial charge is 0.225 e. The van der Waals surface area contributed by atoms with Crippen molar-refractivity contribution in [1.82, 2.24) is 14.9 Å². The van der Waals surface area contributed by atoms with Gasteiger partial charge in [-0.3, -0.25) is 4.79 Å². The molecule has 4 rings (SSSR count). The Labute approximate surface area is 132 Å². The highest BCUT2D eigenvalue weighted by molar-refractivity contribution is 7.10. The molecule has 3 aromatic rings. The number of amides is 1. The van der Waals surface area contributed by atoms with Crippen LogP contribution in [0.4, 0.5) is 0 Å². The van der Waals surface area contributed by atoms with E-state index in [1.165, 1.54) is 18.4 Å². The highest BCUT2D eigenvalue weighted by Gasteiger charge is 2.28. The van der Waals surface area contributed by atoms with E-state index in [4.69, 9.17) is 4.98 Å². The fraction of sp³-hybridized carbons (Fsp3) is 0.294. The Morgan fingerprint density at radius 1 is 1.27 bits per heavy atom. The van der Waals surface area contributed by atoms with Crippen LogP contribution in [0, 0.1) is 0 Å². The normalized spacial score (nSPS) is 14.4. The highest BCUT2D eigenvalue weighted by Crippen LogP contribution is 2.38. The first-order valence-electron chi connectivity index (χ1n) is 7.56. The van der Waals surface area contributed by atoms with Crippen LogP contribution in [0.25, 0.3) is 11.0 Å². The van der Waals surface area contributed by atoms with Crippen LogP contribution in [0.15, 0.2) is 41.8 Å². The molecule has 1 aliphatic rings. The number of nitrogens with zero attached hydrogens (tertiary/aromatic N) is 2. The van der Waals surface area contributed by atoms with Gasteiger partial charge in [0.2, 0.25) is 5.91 Å². The molecule has 5 heteroatoms. The summed E-state index contributed by atoms with van der Waals surface area (Å²) in [4.78, 5) is 17.8. The van der Waals surface area contributed by atoms with E-state index in [9.17, 15) is 4.79 Å². The first kappa shape index (κ1) is 13.5. The standard InChI is InChI=1S/C17H17N3OS/c21-17(10-13-4-3-9-22-13)18-11-16-19-14-5-1-2-6-15(14)20(16)12-7-8-12/h1-6,9,12H,7-8,10-11H2,(H,18,21). The van der Waals surface area contributed by atoms with Crippen LogP contribution in [0.5, 0.6) is 0 Å². The van der Waals surface area contributed by atoms with E-state index in [2.05, 4.69) is 16.0 Å². The zero-order chi connectivity index (χ0) is 14.9. The lowest BCUT2D eigenvalue weighted by Crippen LogP contribution is -2.25. The van der Waals surface area contributed by atoms with Crippen LogP contribution in [0.1, 0.15) is 29.6 Å². The quantitative estimate of drug-likeness (QED) is 0.786. The minimum absolute atomic E-state index is 0.0526. The van der Waals surface area contributed by atoms with Gasteiger partial charge >= 0.3 is 0 Å². The Kier molecular flexibility index (Phi) is 3.42. The SMILES string of the molecule is O=C(Cc1cccs1)NCc1nc2ccccc2n1C1CC1. The van der Waals surface area contributed by atoms with Crippen LogP contribution in [-0.4, -0.2) is 15.5 Å². The van der Waals surface area contributed by atoms with E-state index in [0.29, 0.717) is 19.0 Å². The van der Waals surface area contributed by atoms with Crippen molar-refractivity contribution in [2.75, 3.05) is 0 Å². The molecule has 1 fully saturated rings. The number of rotatable bonds is 5. The lowest BCUT2D eigenvalue weighted by atomic mass is 10.3. The van der Waals surface area contributed by atoms with Gasteiger partial charge in [0.15, 0.2) is 0 Å². The summed E-state index contributed by atoms with van der Waals surface area (Å²) in [6.07, 6.45) is 2.86. The molecule has 1 saturated carbocycles. The maximum absolute atomic E-state index is 12.1. The third kappa shape index (κ3) is 2.64. The lowest BCUT2D eigenvalue weighted by Gasteiger charge is -2.08. The first-order chi connectivity index (χ1) is 10.8. The maximum Gasteiger partial charge on any atom is 0.225 e. The van der Waals surface area contributed by atoms with Gasteiger partial charge in [-0.15, -0.1) is 11.3 Å². The molecular formula is C17H17N3OS. The molecule has 2 aromatic heterocycles. The van der Waals surface area contributed by atoms with Crippen LogP contribution in [-0.2, 0) is 17.8 Å². The van der Waals surface area contributed by atoms with Crippen molar-refractivity contribution in [3.8, 4) is 0 Å². The third-order valence-corrected chi connectivity index (χ3v) is 4.82. The molecule has 22 heavy (non-hydrogen) atoms. The molecule has 1 aromatic carbocycles. The van der Waals surface area contributed by atoms with Crippen LogP contribution < -0.4 is 5.32 Å². The predicted octanol–water partition coefficient (Wildman–Crippen LogP) is 3.29. The second-order valence-corrected chi connectivity index (χ2v) is 6.68. The summed E-state index contributed by atoms with van der Waals surface area (Å²) < 4.78 is 2.29. The van der Waals surface area contributed by atoms with Crippen molar-refractivity contribution in [3.05, 3.63) is 52.5 Å². The average Bonchev–Trinajstić information content (AvgIpc) is 3.10. The fourth-order valence-electron chi connectivity index (χ4n) is 2.77. The number of benzene rings is 1. The molecule has 0 unspecified atom stereocenters. The van der Waals surface area contributed by atoms with E-state index < -0.39 is 0 Å². The van der Waals surface area contributed by atoms with Crippen molar-refractivity contribution < 1.29 is 4.79 Å². The largest absolute Gasteiger partial charge is 0.349 e. The highest BCUT2D eigenvalue weighted by atomic mass is 32.1. The molecule has 1 amide bonds. The van der Waals surface area contributed by atoms with Crippen LogP contribution in [0.2, 0.25) is 0 Å². The topological polar surface area (TPSA) is 46.9 Å². The summed E-state index contributed by atoms with van der Waals surface area (Å²) in [6, 6.07) is 12.7. The van der Waals surface area contributed by atoms with Gasteiger partial charge < -0.3 is 9.88 Å². The minimum atomic E-state index is 0.0526. The van der Waals surface area contributed by atoms with E-state index in [1.807, 2.05) is 35.7 Å². The molecular weight excluding hydrogens is 294 g/mol. The van der Waals surface area contributed by atoms with E-state index in [0.717, 1.165) is 16.2 Å². The van der Waals surface area contributed by atoms with Crippen LogP contribution >= 0.6 is 11.3 Å². The van der Waals surface area contributed by atoms with Crippen molar-refractivity contribution in [2.24, 2.45) is 0 Å². The zero-order valence-corrected chi connectivity index (χ0v) is 13.0. The van der Waals surface area contributed by atoms with Gasteiger partial charge in [-0.25, -0.2) is 4.98 Å². The number of imidazole rings is 1. The minimum Gasteiger partial charge on any atom is -0.349 e. The number of aromatic nitrogens is 2. The molecule has 0 spiro atoms. The number of fused-ring (bicyclic) bond motifs is 1. The summed E-state index contributed by atoms with van der Waals surface area (Å²) in [5.74, 6) is 1.01. The number of hydrogen-bond donors (Lipinski definition) is 1. The summed E-state index contributed by atoms with van der Waals surface area (Å²) in [6.45, 7) is 0.495. The van der Waals surface area contributed by atoms with E-state index in [1.54, 1.807) is 11.3 Å². The second-order valence-electron chi connectivity index (χ2n) is 5.65. The molecule has 2 heterocycles. The van der Waals surface area contributed by atoms with Gasteiger partial charge in [-0.2, -0.15) is 0 Å². The molecule has 0 saturated heterocycles. The average molecular weight is 311 g/mol. The number of carbonyl (C=O) groups excluding carboxylic acids is 1. The summed E-state index contributed by atoms with van der Waals surface area (Å²) in [5.41, 5.74) is 2.18. The third-order valence-electron chi connectivity index (χ3n) is 3.94. The Hall–Kier alpha value is -2.14. The summed E-state index contributed by atoms with van der Waals surface area (Å²) in [7, 11) is 0. The van der Waals surface area contributed by atoms with E-state index in [-0.39, 0.29) is 5.91 Å². The Morgan fingerprint density at radius 2 is 2.14 bits per heavy atom. The van der Waals surface area contributed by atoms with Gasteiger partial charge in [0, 0.05) is 10.9 Å². The maximum atomic E-state index is 12.1. The number of para-hydroxylation sites is 2. The predicted molar refractivity (Wildman–Crippen MR) is 87.9 cm³/mol. The summed E-state index contributed by atoms with van der Waals surface area (Å²) in [5, 5.41) is 5.00. The Bertz CT molecular complexity index is 803. The molecule has 1 aliphatic carbocycles. The van der Waals surface area contributed by atoms with Crippen molar-refractivity contribution in [3.63, 3.8) is 0 Å². The Balaban J connectivity index is 1.51. The van der Waals surface area contributed by atoms with Crippen molar-refractivity contribution in [1.29, 1.82) is 0 Å². The van der Waals surface area contributed by atoms with Gasteiger partial charge in [0.1, 0.15) is 5.82 Å². The molecule has 0 bridgehead atoms. The fourth-order valence-corrected chi connectivity index (χ4v) is 3.47. The van der Waals surface area contributed by atoms with Crippen molar-refractivity contribution in [2.45, 2.75) is 31.8 Å². The number of carbonyl (C=O) groups is 1. The van der Waals surface area contributed by atoms with Gasteiger partial charge in [0.05, 0.1) is 24.0 Å². The molecule has 0 radical (unpaired) electrons. The number of nitrogens with one attached hydrogen (secondary N) is 1. The first-order valence-corrected chi connectivity index (χ1v) is 8.44. The Morgan fingerprint density at radius 3 is 2.91 bits per heavy atom. The zero-order valence-electron chi connectivity index (χ0n) is 12.2. The number of thiophene rings is 1. The summed E-state index contributed by atoms with van der Waals surface area (Å²) >= 11 is 1.61. The molecule has 0 aliphatic heterocycles.